The maximum Gasteiger partial charge on any atom is -0.0172 e. The Labute approximate surface area is 156 Å². The molecule has 0 fully saturated rings. The first-order valence-electron chi connectivity index (χ1n) is 8.93. The fourth-order valence-corrected chi connectivity index (χ4v) is 3.06. The van der Waals surface area contributed by atoms with Gasteiger partial charge in [-0.1, -0.05) is 91.0 Å². The summed E-state index contributed by atoms with van der Waals surface area (Å²) in [7, 11) is 0. The van der Waals surface area contributed by atoms with Crippen molar-refractivity contribution in [2.24, 2.45) is 0 Å². The minimum absolute atomic E-state index is 1.05. The van der Waals surface area contributed by atoms with Crippen LogP contribution in [0.15, 0.2) is 109 Å². The van der Waals surface area contributed by atoms with Crippen LogP contribution >= 0.6 is 0 Å². The molecule has 0 atom stereocenters. The summed E-state index contributed by atoms with van der Waals surface area (Å²) in [6.07, 6.45) is 6.36. The zero-order valence-corrected chi connectivity index (χ0v) is 15.4. The summed E-state index contributed by atoms with van der Waals surface area (Å²) in [6, 6.07) is 27.9. The van der Waals surface area contributed by atoms with Crippen LogP contribution in [0.25, 0.3) is 27.8 Å². The van der Waals surface area contributed by atoms with Gasteiger partial charge in [-0.25, -0.2) is 0 Å². The maximum atomic E-state index is 4.05. The van der Waals surface area contributed by atoms with Gasteiger partial charge in [-0.05, 0) is 65.4 Å². The van der Waals surface area contributed by atoms with E-state index in [0.29, 0.717) is 0 Å². The largest absolute Gasteiger partial charge is 0.0961 e. The summed E-state index contributed by atoms with van der Waals surface area (Å²) in [5, 5.41) is 0. The average Bonchev–Trinajstić information content (AvgIpc) is 2.68. The van der Waals surface area contributed by atoms with Crippen molar-refractivity contribution in [3.05, 3.63) is 115 Å². The third-order valence-electron chi connectivity index (χ3n) is 4.23. The zero-order chi connectivity index (χ0) is 18.4. The fraction of sp³-hybridized carbons (Fsp3) is 0.0769. The van der Waals surface area contributed by atoms with Gasteiger partial charge in [0.1, 0.15) is 0 Å². The minimum Gasteiger partial charge on any atom is -0.0961 e. The summed E-state index contributed by atoms with van der Waals surface area (Å²) in [4.78, 5) is 0. The Bertz CT molecular complexity index is 884. The molecule has 0 unspecified atom stereocenters. The van der Waals surface area contributed by atoms with E-state index < -0.39 is 0 Å². The number of rotatable bonds is 5. The molecule has 0 aliphatic heterocycles. The van der Waals surface area contributed by atoms with Gasteiger partial charge < -0.3 is 0 Å². The standard InChI is InChI=1S/C26H24/c1-4-11-23(16-20(2)3)26-18-24(21-12-7-5-8-13-21)17-25(19-26)22-14-9-6-10-15-22/h4-19H,2H2,1,3H3. The molecule has 0 aliphatic rings. The molecule has 3 aromatic rings. The highest BCUT2D eigenvalue weighted by molar-refractivity contribution is 5.83. The van der Waals surface area contributed by atoms with Gasteiger partial charge >= 0.3 is 0 Å². The Morgan fingerprint density at radius 2 is 1.23 bits per heavy atom. The predicted molar refractivity (Wildman–Crippen MR) is 115 cm³/mol. The molecule has 0 radical (unpaired) electrons. The lowest BCUT2D eigenvalue weighted by molar-refractivity contribution is 1.52. The van der Waals surface area contributed by atoms with Crippen molar-refractivity contribution < 1.29 is 0 Å². The second-order valence-electron chi connectivity index (χ2n) is 6.48. The zero-order valence-electron chi connectivity index (χ0n) is 15.4. The van der Waals surface area contributed by atoms with Crippen LogP contribution in [0.5, 0.6) is 0 Å². The first-order chi connectivity index (χ1) is 12.7. The van der Waals surface area contributed by atoms with E-state index in [2.05, 4.69) is 104 Å². The van der Waals surface area contributed by atoms with Crippen molar-refractivity contribution in [2.75, 3.05) is 0 Å². The normalized spacial score (nSPS) is 11.7. The van der Waals surface area contributed by atoms with E-state index in [1.54, 1.807) is 0 Å². The Kier molecular flexibility index (Phi) is 5.66. The third-order valence-corrected chi connectivity index (χ3v) is 4.23. The first kappa shape index (κ1) is 17.7. The summed E-state index contributed by atoms with van der Waals surface area (Å²) in [6.45, 7) is 8.13. The lowest BCUT2D eigenvalue weighted by Crippen LogP contribution is -1.88. The van der Waals surface area contributed by atoms with Gasteiger partial charge in [0.25, 0.3) is 0 Å². The van der Waals surface area contributed by atoms with Gasteiger partial charge in [0, 0.05) is 0 Å². The van der Waals surface area contributed by atoms with E-state index in [4.69, 9.17) is 0 Å². The van der Waals surface area contributed by atoms with E-state index in [9.17, 15) is 0 Å². The summed E-state index contributed by atoms with van der Waals surface area (Å²) >= 11 is 0. The molecule has 0 spiro atoms. The Morgan fingerprint density at radius 3 is 1.65 bits per heavy atom. The van der Waals surface area contributed by atoms with Crippen molar-refractivity contribution in [2.45, 2.75) is 13.8 Å². The van der Waals surface area contributed by atoms with Gasteiger partial charge in [0.2, 0.25) is 0 Å². The molecular weight excluding hydrogens is 312 g/mol. The van der Waals surface area contributed by atoms with Crippen molar-refractivity contribution in [3.63, 3.8) is 0 Å². The van der Waals surface area contributed by atoms with E-state index in [1.807, 2.05) is 13.8 Å². The number of allylic oxidation sites excluding steroid dienone is 5. The highest BCUT2D eigenvalue weighted by Crippen LogP contribution is 2.31. The van der Waals surface area contributed by atoms with Crippen LogP contribution in [0.2, 0.25) is 0 Å². The van der Waals surface area contributed by atoms with Crippen LogP contribution in [0.4, 0.5) is 0 Å². The van der Waals surface area contributed by atoms with Crippen molar-refractivity contribution in [1.29, 1.82) is 0 Å². The molecule has 3 aromatic carbocycles. The number of hydrogen-bond donors (Lipinski definition) is 0. The van der Waals surface area contributed by atoms with Gasteiger partial charge in [-0.3, -0.25) is 0 Å². The predicted octanol–water partition coefficient (Wildman–Crippen LogP) is 7.56. The van der Waals surface area contributed by atoms with E-state index in [-0.39, 0.29) is 0 Å². The lowest BCUT2D eigenvalue weighted by atomic mass is 9.92. The first-order valence-corrected chi connectivity index (χ1v) is 8.93. The van der Waals surface area contributed by atoms with Gasteiger partial charge in [-0.2, -0.15) is 0 Å². The van der Waals surface area contributed by atoms with Crippen LogP contribution in [-0.4, -0.2) is 0 Å². The maximum absolute atomic E-state index is 4.05. The Balaban J connectivity index is 2.22. The molecular formula is C26H24. The van der Waals surface area contributed by atoms with Crippen molar-refractivity contribution >= 4 is 5.57 Å². The molecule has 0 nitrogen and oxygen atoms in total. The Hall–Kier alpha value is -3.12. The molecule has 0 heteroatoms. The highest BCUT2D eigenvalue weighted by atomic mass is 14.1. The van der Waals surface area contributed by atoms with Crippen LogP contribution in [-0.2, 0) is 0 Å². The fourth-order valence-electron chi connectivity index (χ4n) is 3.06. The molecule has 0 bridgehead atoms. The second kappa shape index (κ2) is 8.31. The minimum atomic E-state index is 1.05. The van der Waals surface area contributed by atoms with Gasteiger partial charge in [0.15, 0.2) is 0 Å². The Morgan fingerprint density at radius 1 is 0.731 bits per heavy atom. The second-order valence-corrected chi connectivity index (χ2v) is 6.48. The van der Waals surface area contributed by atoms with Crippen LogP contribution in [0.1, 0.15) is 19.4 Å². The quantitative estimate of drug-likeness (QED) is 0.422. The molecule has 26 heavy (non-hydrogen) atoms. The highest BCUT2D eigenvalue weighted by Gasteiger charge is 2.07. The van der Waals surface area contributed by atoms with Crippen molar-refractivity contribution in [1.82, 2.24) is 0 Å². The van der Waals surface area contributed by atoms with Crippen LogP contribution in [0.3, 0.4) is 0 Å². The molecule has 0 N–H and O–H groups in total. The number of hydrogen-bond acceptors (Lipinski definition) is 0. The monoisotopic (exact) mass is 336 g/mol. The molecule has 128 valence electrons. The van der Waals surface area contributed by atoms with Crippen LogP contribution in [0, 0.1) is 0 Å². The molecule has 0 heterocycles. The molecule has 0 saturated carbocycles. The van der Waals surface area contributed by atoms with E-state index >= 15 is 0 Å². The lowest BCUT2D eigenvalue weighted by Gasteiger charge is -2.12. The summed E-state index contributed by atoms with van der Waals surface area (Å²) in [5.41, 5.74) is 8.31. The molecule has 3 rings (SSSR count). The summed E-state index contributed by atoms with van der Waals surface area (Å²) in [5.74, 6) is 0. The average molecular weight is 336 g/mol. The molecule has 0 saturated heterocycles. The molecule has 0 aromatic heterocycles. The SMILES string of the molecule is C=C(C)C=C(C=CC)c1cc(-c2ccccc2)cc(-c2ccccc2)c1. The van der Waals surface area contributed by atoms with Crippen LogP contribution < -0.4 is 0 Å². The smallest absolute Gasteiger partial charge is 0.0172 e. The topological polar surface area (TPSA) is 0 Å². The molecule has 0 aliphatic carbocycles. The van der Waals surface area contributed by atoms with Gasteiger partial charge in [0.05, 0.1) is 0 Å². The van der Waals surface area contributed by atoms with Crippen molar-refractivity contribution in [3.8, 4) is 22.3 Å². The summed E-state index contributed by atoms with van der Waals surface area (Å²) < 4.78 is 0. The number of benzene rings is 3. The van der Waals surface area contributed by atoms with E-state index in [0.717, 1.165) is 5.57 Å². The third kappa shape index (κ3) is 4.29. The van der Waals surface area contributed by atoms with E-state index in [1.165, 1.54) is 33.4 Å². The molecule has 0 amide bonds. The van der Waals surface area contributed by atoms with Gasteiger partial charge in [-0.15, -0.1) is 0 Å².